The quantitative estimate of drug-likeness (QED) is 0.853. The van der Waals surface area contributed by atoms with Gasteiger partial charge in [0.05, 0.1) is 18.8 Å². The van der Waals surface area contributed by atoms with E-state index in [1.54, 1.807) is 24.3 Å². The highest BCUT2D eigenvalue weighted by Crippen LogP contribution is 2.23. The number of amides is 2. The first-order chi connectivity index (χ1) is 11.5. The van der Waals surface area contributed by atoms with Crippen LogP contribution in [0.25, 0.3) is 0 Å². The number of ether oxygens (including phenoxy) is 1. The van der Waals surface area contributed by atoms with E-state index in [9.17, 15) is 18.4 Å². The average molecular weight is 334 g/mol. The van der Waals surface area contributed by atoms with Crippen LogP contribution >= 0.6 is 0 Å². The van der Waals surface area contributed by atoms with Gasteiger partial charge in [-0.25, -0.2) is 8.78 Å². The fraction of sp³-hybridized carbons (Fsp3) is 0.176. The fourth-order valence-electron chi connectivity index (χ4n) is 1.95. The van der Waals surface area contributed by atoms with E-state index in [0.717, 1.165) is 18.2 Å². The van der Waals surface area contributed by atoms with Crippen molar-refractivity contribution in [2.45, 2.75) is 6.92 Å². The van der Waals surface area contributed by atoms with Gasteiger partial charge in [0.15, 0.2) is 11.6 Å². The molecule has 0 fully saturated rings. The molecule has 0 atom stereocenters. The highest BCUT2D eigenvalue weighted by atomic mass is 19.2. The van der Waals surface area contributed by atoms with E-state index in [1.165, 1.54) is 0 Å². The average Bonchev–Trinajstić information content (AvgIpc) is 2.57. The monoisotopic (exact) mass is 334 g/mol. The summed E-state index contributed by atoms with van der Waals surface area (Å²) < 4.78 is 31.3. The topological polar surface area (TPSA) is 67.4 Å². The van der Waals surface area contributed by atoms with Gasteiger partial charge in [-0.2, -0.15) is 0 Å². The second-order valence-electron chi connectivity index (χ2n) is 4.79. The Hall–Kier alpha value is -2.96. The third-order valence-corrected chi connectivity index (χ3v) is 3.05. The number of nitrogens with one attached hydrogen (secondary N) is 2. The molecule has 2 N–H and O–H groups in total. The summed E-state index contributed by atoms with van der Waals surface area (Å²) in [5.74, 6) is -2.81. The van der Waals surface area contributed by atoms with E-state index in [4.69, 9.17) is 4.74 Å². The molecule has 5 nitrogen and oxygen atoms in total. The lowest BCUT2D eigenvalue weighted by atomic mass is 10.2. The van der Waals surface area contributed by atoms with Crippen molar-refractivity contribution in [2.24, 2.45) is 0 Å². The lowest BCUT2D eigenvalue weighted by molar-refractivity contribution is -0.115. The number of hydrogen-bond acceptors (Lipinski definition) is 3. The van der Waals surface area contributed by atoms with Gasteiger partial charge in [-0.15, -0.1) is 0 Å². The molecular formula is C17H16F2N2O3. The maximum Gasteiger partial charge on any atom is 0.251 e. The maximum atomic E-state index is 13.1. The second kappa shape index (κ2) is 8.05. The Balaban J connectivity index is 1.93. The first-order valence-corrected chi connectivity index (χ1v) is 7.26. The number of rotatable bonds is 6. The van der Waals surface area contributed by atoms with Gasteiger partial charge >= 0.3 is 0 Å². The van der Waals surface area contributed by atoms with Gasteiger partial charge in [0, 0.05) is 5.56 Å². The summed E-state index contributed by atoms with van der Waals surface area (Å²) in [6.45, 7) is 1.94. The summed E-state index contributed by atoms with van der Waals surface area (Å²) in [5.41, 5.74) is 0.405. The van der Waals surface area contributed by atoms with E-state index < -0.39 is 23.4 Å². The fourth-order valence-corrected chi connectivity index (χ4v) is 1.95. The number of anilines is 1. The molecule has 0 aliphatic rings. The lowest BCUT2D eigenvalue weighted by Crippen LogP contribution is -2.33. The molecule has 24 heavy (non-hydrogen) atoms. The van der Waals surface area contributed by atoms with Crippen molar-refractivity contribution < 1.29 is 23.1 Å². The van der Waals surface area contributed by atoms with Crippen LogP contribution in [0.1, 0.15) is 17.3 Å². The van der Waals surface area contributed by atoms with Crippen molar-refractivity contribution >= 4 is 17.5 Å². The molecule has 0 saturated carbocycles. The van der Waals surface area contributed by atoms with Crippen LogP contribution in [0, 0.1) is 11.6 Å². The largest absolute Gasteiger partial charge is 0.492 e. The first kappa shape index (κ1) is 17.4. The number of carbonyl (C=O) groups excluding carboxylic acids is 2. The van der Waals surface area contributed by atoms with Crippen LogP contribution in [0.5, 0.6) is 5.75 Å². The van der Waals surface area contributed by atoms with Crippen molar-refractivity contribution in [3.8, 4) is 5.75 Å². The zero-order valence-corrected chi connectivity index (χ0v) is 12.9. The predicted octanol–water partition coefficient (Wildman–Crippen LogP) is 2.73. The SMILES string of the molecule is CCOc1ccccc1NC(=O)CNC(=O)c1ccc(F)c(F)c1. The van der Waals surface area contributed by atoms with E-state index in [-0.39, 0.29) is 12.1 Å². The van der Waals surface area contributed by atoms with Crippen molar-refractivity contribution in [2.75, 3.05) is 18.5 Å². The van der Waals surface area contributed by atoms with Gasteiger partial charge in [0.1, 0.15) is 5.75 Å². The number of halogens is 2. The second-order valence-corrected chi connectivity index (χ2v) is 4.79. The third kappa shape index (κ3) is 4.52. The minimum Gasteiger partial charge on any atom is -0.492 e. The van der Waals surface area contributed by atoms with Crippen LogP contribution in [0.4, 0.5) is 14.5 Å². The Kier molecular flexibility index (Phi) is 5.83. The molecule has 2 amide bonds. The maximum absolute atomic E-state index is 13.1. The Morgan fingerprint density at radius 3 is 2.54 bits per heavy atom. The molecule has 2 aromatic carbocycles. The molecule has 126 valence electrons. The number of carbonyl (C=O) groups is 2. The van der Waals surface area contributed by atoms with E-state index in [0.29, 0.717) is 18.0 Å². The van der Waals surface area contributed by atoms with Crippen LogP contribution in [0.2, 0.25) is 0 Å². The lowest BCUT2D eigenvalue weighted by Gasteiger charge is -2.11. The molecule has 0 aromatic heterocycles. The summed E-state index contributed by atoms with van der Waals surface area (Å²) in [5, 5.41) is 4.95. The van der Waals surface area contributed by atoms with Crippen LogP contribution in [-0.2, 0) is 4.79 Å². The molecule has 0 bridgehead atoms. The molecule has 0 spiro atoms. The van der Waals surface area contributed by atoms with Crippen LogP contribution in [0.3, 0.4) is 0 Å². The summed E-state index contributed by atoms with van der Waals surface area (Å²) >= 11 is 0. The van der Waals surface area contributed by atoms with Crippen molar-refractivity contribution in [3.63, 3.8) is 0 Å². The molecule has 0 aliphatic carbocycles. The van der Waals surface area contributed by atoms with Gasteiger partial charge in [0.25, 0.3) is 5.91 Å². The van der Waals surface area contributed by atoms with E-state index >= 15 is 0 Å². The smallest absolute Gasteiger partial charge is 0.251 e. The van der Waals surface area contributed by atoms with Gasteiger partial charge in [-0.1, -0.05) is 12.1 Å². The van der Waals surface area contributed by atoms with Crippen LogP contribution in [-0.4, -0.2) is 25.0 Å². The number of hydrogen-bond donors (Lipinski definition) is 2. The van der Waals surface area contributed by atoms with Gasteiger partial charge in [0.2, 0.25) is 5.91 Å². The standard InChI is InChI=1S/C17H16F2N2O3/c1-2-24-15-6-4-3-5-14(15)21-16(22)10-20-17(23)11-7-8-12(18)13(19)9-11/h3-9H,2,10H2,1H3,(H,20,23)(H,21,22). The normalized spacial score (nSPS) is 10.1. The zero-order valence-electron chi connectivity index (χ0n) is 12.9. The first-order valence-electron chi connectivity index (χ1n) is 7.26. The number of benzene rings is 2. The van der Waals surface area contributed by atoms with Gasteiger partial charge in [-0.05, 0) is 37.3 Å². The molecule has 0 aliphatic heterocycles. The number of para-hydroxylation sites is 2. The van der Waals surface area contributed by atoms with Crippen molar-refractivity contribution in [3.05, 3.63) is 59.7 Å². The van der Waals surface area contributed by atoms with Crippen molar-refractivity contribution in [1.82, 2.24) is 5.32 Å². The summed E-state index contributed by atoms with van der Waals surface area (Å²) in [6, 6.07) is 9.63. The molecule has 2 rings (SSSR count). The highest BCUT2D eigenvalue weighted by molar-refractivity contribution is 5.99. The molecule has 2 aromatic rings. The Morgan fingerprint density at radius 2 is 1.83 bits per heavy atom. The molecule has 0 unspecified atom stereocenters. The molecule has 7 heteroatoms. The molecule has 0 radical (unpaired) electrons. The highest BCUT2D eigenvalue weighted by Gasteiger charge is 2.12. The minimum atomic E-state index is -1.13. The van der Waals surface area contributed by atoms with E-state index in [2.05, 4.69) is 10.6 Å². The summed E-state index contributed by atoms with van der Waals surface area (Å²) in [7, 11) is 0. The summed E-state index contributed by atoms with van der Waals surface area (Å²) in [6.07, 6.45) is 0. The van der Waals surface area contributed by atoms with Gasteiger partial charge < -0.3 is 15.4 Å². The minimum absolute atomic E-state index is 0.0728. The molecule has 0 saturated heterocycles. The molecular weight excluding hydrogens is 318 g/mol. The summed E-state index contributed by atoms with van der Waals surface area (Å²) in [4.78, 5) is 23.7. The predicted molar refractivity (Wildman–Crippen MR) is 84.9 cm³/mol. The Morgan fingerprint density at radius 1 is 1.08 bits per heavy atom. The zero-order chi connectivity index (χ0) is 17.5. The van der Waals surface area contributed by atoms with E-state index in [1.807, 2.05) is 6.92 Å². The third-order valence-electron chi connectivity index (χ3n) is 3.05. The molecule has 0 heterocycles. The van der Waals surface area contributed by atoms with Crippen LogP contribution in [0.15, 0.2) is 42.5 Å². The van der Waals surface area contributed by atoms with Crippen LogP contribution < -0.4 is 15.4 Å². The van der Waals surface area contributed by atoms with Gasteiger partial charge in [-0.3, -0.25) is 9.59 Å². The Labute approximate surface area is 137 Å². The Bertz CT molecular complexity index is 750. The van der Waals surface area contributed by atoms with Crippen molar-refractivity contribution in [1.29, 1.82) is 0 Å².